The van der Waals surface area contributed by atoms with Crippen LogP contribution in [0.2, 0.25) is 0 Å². The average Bonchev–Trinajstić information content (AvgIpc) is 3.02. The molecule has 0 saturated heterocycles. The molecule has 0 amide bonds. The van der Waals surface area contributed by atoms with Gasteiger partial charge in [-0.2, -0.15) is 0 Å². The number of hydrogen-bond donors (Lipinski definition) is 0. The topological polar surface area (TPSA) is 50.5 Å². The molecule has 3 aliphatic rings. The molecule has 0 fully saturated rings. The van der Waals surface area contributed by atoms with Crippen LogP contribution in [0.15, 0.2) is 132 Å². The highest BCUT2D eigenvalue weighted by atomic mass is 15.0. The predicted octanol–water partition coefficient (Wildman–Crippen LogP) is 7.35. The van der Waals surface area contributed by atoms with Gasteiger partial charge in [0.1, 0.15) is 0 Å². The maximum atomic E-state index is 5.26. The molecule has 6 aromatic rings. The maximum absolute atomic E-state index is 5.26. The first kappa shape index (κ1) is 23.0. The molecule has 2 aromatic heterocycles. The highest BCUT2D eigenvalue weighted by molar-refractivity contribution is 5.89. The standard InChI is InChI=1S/C36H26N4/c1-3-11-25-19-37-27(17-23(25)9-1)21-39-35-33-29-13-5-7-15-31(29)34(32-16-8-6-14-30(32)33)36(35)40-22-28-18-24-10-2-4-12-26(24)20-38-28/h1-22,33-36H/t33?,34?,35-,36-/m1/s1. The minimum atomic E-state index is -0.0558. The lowest BCUT2D eigenvalue weighted by Gasteiger charge is -2.47. The van der Waals surface area contributed by atoms with Gasteiger partial charge in [-0.05, 0) is 45.2 Å². The van der Waals surface area contributed by atoms with Gasteiger partial charge in [-0.1, -0.05) is 97.1 Å². The Bertz CT molecular complexity index is 1770. The van der Waals surface area contributed by atoms with Crippen molar-refractivity contribution in [3.05, 3.63) is 155 Å². The van der Waals surface area contributed by atoms with Crippen LogP contribution < -0.4 is 0 Å². The van der Waals surface area contributed by atoms with Gasteiger partial charge in [0.05, 0.1) is 23.5 Å². The van der Waals surface area contributed by atoms with Gasteiger partial charge in [-0.3, -0.25) is 20.0 Å². The molecule has 4 heteroatoms. The molecule has 2 bridgehead atoms. The molecule has 0 aliphatic heterocycles. The summed E-state index contributed by atoms with van der Waals surface area (Å²) < 4.78 is 0. The van der Waals surface area contributed by atoms with Crippen LogP contribution in [0, 0.1) is 0 Å². The van der Waals surface area contributed by atoms with Gasteiger partial charge in [-0.25, -0.2) is 0 Å². The van der Waals surface area contributed by atoms with Crippen LogP contribution in [-0.4, -0.2) is 34.5 Å². The third-order valence-electron chi connectivity index (χ3n) is 8.43. The first-order valence-corrected chi connectivity index (χ1v) is 13.8. The molecule has 2 atom stereocenters. The Labute approximate surface area is 232 Å². The molecule has 0 spiro atoms. The van der Waals surface area contributed by atoms with E-state index in [1.165, 1.54) is 22.3 Å². The van der Waals surface area contributed by atoms with Crippen molar-refractivity contribution in [2.75, 3.05) is 0 Å². The molecule has 4 aromatic carbocycles. The van der Waals surface area contributed by atoms with Gasteiger partial charge < -0.3 is 0 Å². The second kappa shape index (κ2) is 9.35. The zero-order valence-electron chi connectivity index (χ0n) is 21.8. The van der Waals surface area contributed by atoms with Gasteiger partial charge in [0.25, 0.3) is 0 Å². The highest BCUT2D eigenvalue weighted by Gasteiger charge is 2.49. The van der Waals surface area contributed by atoms with Gasteiger partial charge in [-0.15, -0.1) is 0 Å². The summed E-state index contributed by atoms with van der Waals surface area (Å²) in [5.74, 6) is 0.252. The number of hydrogen-bond acceptors (Lipinski definition) is 4. The fourth-order valence-corrected chi connectivity index (χ4v) is 6.64. The zero-order valence-corrected chi connectivity index (χ0v) is 21.8. The Kier molecular flexibility index (Phi) is 5.37. The van der Waals surface area contributed by atoms with E-state index >= 15 is 0 Å². The number of aromatic nitrogens is 2. The first-order valence-electron chi connectivity index (χ1n) is 13.8. The van der Waals surface area contributed by atoms with E-state index < -0.39 is 0 Å². The molecule has 2 heterocycles. The summed E-state index contributed by atoms with van der Waals surface area (Å²) in [6, 6.07) is 38.4. The number of aliphatic imine (C=N–C) groups is 2. The van der Waals surface area contributed by atoms with E-state index in [1.54, 1.807) is 0 Å². The van der Waals surface area contributed by atoms with Gasteiger partial charge >= 0.3 is 0 Å². The lowest BCUT2D eigenvalue weighted by Crippen LogP contribution is -2.45. The molecule has 40 heavy (non-hydrogen) atoms. The van der Waals surface area contributed by atoms with E-state index in [9.17, 15) is 0 Å². The number of pyridine rings is 2. The Balaban J connectivity index is 1.25. The average molecular weight is 515 g/mol. The first-order chi connectivity index (χ1) is 19.8. The van der Waals surface area contributed by atoms with E-state index in [0.717, 1.165) is 32.9 Å². The number of rotatable bonds is 4. The van der Waals surface area contributed by atoms with Gasteiger partial charge in [0.2, 0.25) is 0 Å². The van der Waals surface area contributed by atoms with Crippen LogP contribution in [0.4, 0.5) is 0 Å². The van der Waals surface area contributed by atoms with Crippen molar-refractivity contribution >= 4 is 34.0 Å². The van der Waals surface area contributed by atoms with Crippen molar-refractivity contribution in [1.82, 2.24) is 9.97 Å². The zero-order chi connectivity index (χ0) is 26.5. The van der Waals surface area contributed by atoms with Crippen molar-refractivity contribution in [2.45, 2.75) is 23.9 Å². The van der Waals surface area contributed by atoms with Crippen LogP contribution >= 0.6 is 0 Å². The maximum Gasteiger partial charge on any atom is 0.0842 e. The fourth-order valence-electron chi connectivity index (χ4n) is 6.64. The summed E-state index contributed by atoms with van der Waals surface area (Å²) in [5, 5.41) is 4.59. The number of nitrogens with zero attached hydrogens (tertiary/aromatic N) is 4. The third kappa shape index (κ3) is 3.76. The van der Waals surface area contributed by atoms with E-state index in [0.29, 0.717) is 0 Å². The Morgan fingerprint density at radius 2 is 0.800 bits per heavy atom. The smallest absolute Gasteiger partial charge is 0.0842 e. The molecule has 0 saturated carbocycles. The molecule has 0 N–H and O–H groups in total. The lowest BCUT2D eigenvalue weighted by molar-refractivity contribution is 0.391. The predicted molar refractivity (Wildman–Crippen MR) is 163 cm³/mol. The van der Waals surface area contributed by atoms with Crippen LogP contribution in [0.5, 0.6) is 0 Å². The van der Waals surface area contributed by atoms with Crippen LogP contribution in [0.3, 0.4) is 0 Å². The quantitative estimate of drug-likeness (QED) is 0.231. The van der Waals surface area contributed by atoms with E-state index in [4.69, 9.17) is 20.0 Å². The lowest BCUT2D eigenvalue weighted by atomic mass is 9.59. The Morgan fingerprint density at radius 3 is 1.20 bits per heavy atom. The van der Waals surface area contributed by atoms with Gasteiger partial charge in [0.15, 0.2) is 0 Å². The minimum absolute atomic E-state index is 0.0558. The van der Waals surface area contributed by atoms with Gasteiger partial charge in [0, 0.05) is 47.4 Å². The molecule has 0 radical (unpaired) electrons. The summed E-state index contributed by atoms with van der Waals surface area (Å²) in [4.78, 5) is 19.9. The summed E-state index contributed by atoms with van der Waals surface area (Å²) in [6.45, 7) is 0. The van der Waals surface area contributed by atoms with Crippen molar-refractivity contribution in [3.63, 3.8) is 0 Å². The molecular formula is C36H26N4. The summed E-state index contributed by atoms with van der Waals surface area (Å²) >= 11 is 0. The Hall–Kier alpha value is -4.96. The summed E-state index contributed by atoms with van der Waals surface area (Å²) in [6.07, 6.45) is 7.74. The summed E-state index contributed by atoms with van der Waals surface area (Å²) in [5.41, 5.74) is 7.15. The molecule has 190 valence electrons. The second-order valence-corrected chi connectivity index (χ2v) is 10.7. The van der Waals surface area contributed by atoms with Crippen LogP contribution in [0.25, 0.3) is 21.5 Å². The SMILES string of the molecule is C(=N[C@@H]1C2c3ccccc3C(c3ccccc32)[C@H]1N=Cc1cc2ccccc2cn1)c1cc2ccccc2cn1. The van der Waals surface area contributed by atoms with Crippen molar-refractivity contribution < 1.29 is 0 Å². The third-order valence-corrected chi connectivity index (χ3v) is 8.43. The Morgan fingerprint density at radius 1 is 0.450 bits per heavy atom. The van der Waals surface area contributed by atoms with Crippen molar-refractivity contribution in [2.24, 2.45) is 9.98 Å². The highest BCUT2D eigenvalue weighted by Crippen LogP contribution is 2.54. The number of benzene rings is 4. The monoisotopic (exact) mass is 514 g/mol. The fraction of sp³-hybridized carbons (Fsp3) is 0.111. The molecular weight excluding hydrogens is 488 g/mol. The largest absolute Gasteiger partial charge is 0.284 e. The van der Waals surface area contributed by atoms with Crippen molar-refractivity contribution in [1.29, 1.82) is 0 Å². The molecule has 0 unspecified atom stereocenters. The normalized spacial score (nSPS) is 21.3. The van der Waals surface area contributed by atoms with Crippen LogP contribution in [-0.2, 0) is 0 Å². The number of fused-ring (bicyclic) bond motifs is 3. The van der Waals surface area contributed by atoms with E-state index in [1.807, 2.05) is 37.0 Å². The molecule has 3 aliphatic carbocycles. The van der Waals surface area contributed by atoms with Crippen LogP contribution in [0.1, 0.15) is 45.5 Å². The van der Waals surface area contributed by atoms with E-state index in [-0.39, 0.29) is 23.9 Å². The molecule has 4 nitrogen and oxygen atoms in total. The van der Waals surface area contributed by atoms with Crippen molar-refractivity contribution in [3.8, 4) is 0 Å². The molecule has 9 rings (SSSR count). The second-order valence-electron chi connectivity index (χ2n) is 10.7. The summed E-state index contributed by atoms with van der Waals surface area (Å²) in [7, 11) is 0. The minimum Gasteiger partial charge on any atom is -0.284 e. The van der Waals surface area contributed by atoms with E-state index in [2.05, 4.69) is 97.1 Å².